The summed E-state index contributed by atoms with van der Waals surface area (Å²) in [5.74, 6) is -0.207. The summed E-state index contributed by atoms with van der Waals surface area (Å²) in [5, 5.41) is 3.14. The molecule has 0 radical (unpaired) electrons. The second-order valence-corrected chi connectivity index (χ2v) is 6.58. The van der Waals surface area contributed by atoms with Crippen LogP contribution in [-0.4, -0.2) is 21.2 Å². The van der Waals surface area contributed by atoms with Gasteiger partial charge in [-0.2, -0.15) is 0 Å². The quantitative estimate of drug-likeness (QED) is 0.922. The van der Waals surface area contributed by atoms with Gasteiger partial charge in [-0.15, -0.1) is 0 Å². The van der Waals surface area contributed by atoms with Gasteiger partial charge in [0.1, 0.15) is 5.82 Å². The van der Waals surface area contributed by atoms with E-state index in [0.29, 0.717) is 18.5 Å². The van der Waals surface area contributed by atoms with Crippen molar-refractivity contribution in [1.29, 1.82) is 0 Å². The summed E-state index contributed by atoms with van der Waals surface area (Å²) in [4.78, 5) is 0.289. The lowest BCUT2D eigenvalue weighted by molar-refractivity contribution is 0.602. The minimum absolute atomic E-state index is 0.207. The van der Waals surface area contributed by atoms with Crippen LogP contribution in [0, 0.1) is 5.82 Å². The van der Waals surface area contributed by atoms with Gasteiger partial charge in [0.25, 0.3) is 0 Å². The van der Waals surface area contributed by atoms with Crippen LogP contribution in [0.5, 0.6) is 0 Å². The topological polar surface area (TPSA) is 46.2 Å². The molecule has 5 heteroatoms. The molecule has 0 aromatic heterocycles. The molecule has 3 nitrogen and oxygen atoms in total. The molecule has 20 heavy (non-hydrogen) atoms. The third-order valence-electron chi connectivity index (χ3n) is 2.96. The van der Waals surface area contributed by atoms with E-state index in [0.717, 1.165) is 5.69 Å². The number of rotatable bonds is 5. The summed E-state index contributed by atoms with van der Waals surface area (Å²) in [6, 6.07) is 13.2. The van der Waals surface area contributed by atoms with E-state index >= 15 is 0 Å². The van der Waals surface area contributed by atoms with Crippen molar-refractivity contribution in [2.75, 3.05) is 18.1 Å². The average Bonchev–Trinajstić information content (AvgIpc) is 2.40. The van der Waals surface area contributed by atoms with Crippen LogP contribution in [0.1, 0.15) is 5.56 Å². The van der Waals surface area contributed by atoms with Crippen molar-refractivity contribution >= 4 is 15.5 Å². The van der Waals surface area contributed by atoms with Crippen LogP contribution in [0.2, 0.25) is 0 Å². The highest BCUT2D eigenvalue weighted by atomic mass is 32.2. The zero-order valence-corrected chi connectivity index (χ0v) is 12.0. The predicted molar refractivity (Wildman–Crippen MR) is 78.1 cm³/mol. The summed E-state index contributed by atoms with van der Waals surface area (Å²) < 4.78 is 36.0. The molecule has 0 fully saturated rings. The van der Waals surface area contributed by atoms with E-state index in [1.54, 1.807) is 42.5 Å². The summed E-state index contributed by atoms with van der Waals surface area (Å²) in [6.45, 7) is 0.582. The summed E-state index contributed by atoms with van der Waals surface area (Å²) >= 11 is 0. The highest BCUT2D eigenvalue weighted by Crippen LogP contribution is 2.14. The number of nitrogens with one attached hydrogen (secondary N) is 1. The fraction of sp³-hybridized carbons (Fsp3) is 0.200. The van der Waals surface area contributed by atoms with Crippen LogP contribution in [0.15, 0.2) is 53.4 Å². The largest absolute Gasteiger partial charge is 0.385 e. The van der Waals surface area contributed by atoms with Gasteiger partial charge in [0.2, 0.25) is 0 Å². The molecule has 106 valence electrons. The molecule has 0 aliphatic rings. The van der Waals surface area contributed by atoms with Crippen molar-refractivity contribution in [3.8, 4) is 0 Å². The molecule has 0 heterocycles. The number of anilines is 1. The van der Waals surface area contributed by atoms with Crippen molar-refractivity contribution in [1.82, 2.24) is 0 Å². The van der Waals surface area contributed by atoms with Crippen molar-refractivity contribution in [3.05, 3.63) is 59.9 Å². The van der Waals surface area contributed by atoms with Crippen LogP contribution in [-0.2, 0) is 16.3 Å². The molecule has 1 N–H and O–H groups in total. The smallest absolute Gasteiger partial charge is 0.175 e. The van der Waals surface area contributed by atoms with E-state index in [4.69, 9.17) is 0 Å². The molecule has 0 aliphatic heterocycles. The molecule has 0 bridgehead atoms. The molecule has 2 aromatic rings. The number of hydrogen-bond donors (Lipinski definition) is 1. The van der Waals surface area contributed by atoms with Gasteiger partial charge in [0.15, 0.2) is 9.84 Å². The molecule has 0 amide bonds. The fourth-order valence-corrected chi connectivity index (χ4v) is 2.49. The fourth-order valence-electron chi connectivity index (χ4n) is 1.86. The first-order chi connectivity index (χ1) is 9.47. The third kappa shape index (κ3) is 3.81. The van der Waals surface area contributed by atoms with Gasteiger partial charge in [-0.3, -0.25) is 0 Å². The molecule has 0 aliphatic carbocycles. The maximum Gasteiger partial charge on any atom is 0.175 e. The van der Waals surface area contributed by atoms with Gasteiger partial charge in [-0.1, -0.05) is 18.2 Å². The Morgan fingerprint density at radius 2 is 1.70 bits per heavy atom. The molecular formula is C15H16FNO2S. The van der Waals surface area contributed by atoms with Crippen LogP contribution in [0.4, 0.5) is 10.1 Å². The Bertz CT molecular complexity index is 681. The lowest BCUT2D eigenvalue weighted by atomic mass is 10.1. The third-order valence-corrected chi connectivity index (χ3v) is 4.09. The highest BCUT2D eigenvalue weighted by molar-refractivity contribution is 7.90. The monoisotopic (exact) mass is 293 g/mol. The Hall–Kier alpha value is -1.88. The second kappa shape index (κ2) is 6.05. The molecule has 0 saturated carbocycles. The van der Waals surface area contributed by atoms with E-state index < -0.39 is 9.84 Å². The first-order valence-electron chi connectivity index (χ1n) is 6.24. The number of hydrogen-bond acceptors (Lipinski definition) is 3. The van der Waals surface area contributed by atoms with E-state index in [9.17, 15) is 12.8 Å². The van der Waals surface area contributed by atoms with E-state index in [-0.39, 0.29) is 10.7 Å². The summed E-state index contributed by atoms with van der Waals surface area (Å²) in [7, 11) is -3.17. The van der Waals surface area contributed by atoms with Gasteiger partial charge >= 0.3 is 0 Å². The SMILES string of the molecule is CS(=O)(=O)c1ccc(NCCc2ccccc2F)cc1. The first kappa shape index (κ1) is 14.5. The van der Waals surface area contributed by atoms with Crippen LogP contribution < -0.4 is 5.32 Å². The maximum absolute atomic E-state index is 13.4. The standard InChI is InChI=1S/C15H16FNO2S/c1-20(18,19)14-8-6-13(7-9-14)17-11-10-12-4-2-3-5-15(12)16/h2-9,17H,10-11H2,1H3. The zero-order chi connectivity index (χ0) is 14.6. The lowest BCUT2D eigenvalue weighted by Crippen LogP contribution is -2.06. The van der Waals surface area contributed by atoms with Gasteiger partial charge in [-0.05, 0) is 42.3 Å². The van der Waals surface area contributed by atoms with E-state index in [1.165, 1.54) is 12.3 Å². The molecular weight excluding hydrogens is 277 g/mol. The molecule has 0 spiro atoms. The molecule has 0 atom stereocenters. The van der Waals surface area contributed by atoms with Gasteiger partial charge in [0, 0.05) is 18.5 Å². The number of sulfone groups is 1. The Morgan fingerprint density at radius 1 is 1.05 bits per heavy atom. The van der Waals surface area contributed by atoms with Gasteiger partial charge < -0.3 is 5.32 Å². The second-order valence-electron chi connectivity index (χ2n) is 4.56. The normalized spacial score (nSPS) is 11.3. The Morgan fingerprint density at radius 3 is 2.30 bits per heavy atom. The summed E-state index contributed by atoms with van der Waals surface area (Å²) in [6.07, 6.45) is 1.74. The van der Waals surface area contributed by atoms with Crippen molar-refractivity contribution in [2.24, 2.45) is 0 Å². The van der Waals surface area contributed by atoms with Crippen LogP contribution >= 0.6 is 0 Å². The summed E-state index contributed by atoms with van der Waals surface area (Å²) in [5.41, 5.74) is 1.47. The highest BCUT2D eigenvalue weighted by Gasteiger charge is 2.06. The van der Waals surface area contributed by atoms with Gasteiger partial charge in [0.05, 0.1) is 4.90 Å². The van der Waals surface area contributed by atoms with E-state index in [1.807, 2.05) is 0 Å². The van der Waals surface area contributed by atoms with Crippen LogP contribution in [0.3, 0.4) is 0 Å². The minimum Gasteiger partial charge on any atom is -0.385 e. The Labute approximate surface area is 118 Å². The molecule has 2 rings (SSSR count). The Balaban J connectivity index is 1.94. The Kier molecular flexibility index (Phi) is 4.39. The lowest BCUT2D eigenvalue weighted by Gasteiger charge is -2.07. The van der Waals surface area contributed by atoms with Crippen LogP contribution in [0.25, 0.3) is 0 Å². The molecule has 0 saturated heterocycles. The molecule has 2 aromatic carbocycles. The van der Waals surface area contributed by atoms with Crippen molar-refractivity contribution in [2.45, 2.75) is 11.3 Å². The number of benzene rings is 2. The van der Waals surface area contributed by atoms with Crippen molar-refractivity contribution in [3.63, 3.8) is 0 Å². The molecule has 0 unspecified atom stereocenters. The first-order valence-corrected chi connectivity index (χ1v) is 8.13. The maximum atomic E-state index is 13.4. The average molecular weight is 293 g/mol. The minimum atomic E-state index is -3.17. The predicted octanol–water partition coefficient (Wildman–Crippen LogP) is 2.88. The van der Waals surface area contributed by atoms with E-state index in [2.05, 4.69) is 5.32 Å². The van der Waals surface area contributed by atoms with Gasteiger partial charge in [-0.25, -0.2) is 12.8 Å². The number of halogens is 1. The zero-order valence-electron chi connectivity index (χ0n) is 11.1. The van der Waals surface area contributed by atoms with Crippen molar-refractivity contribution < 1.29 is 12.8 Å².